The number of benzene rings is 2. The molecule has 19 heavy (non-hydrogen) atoms. The molecule has 0 spiro atoms. The van der Waals surface area contributed by atoms with Gasteiger partial charge in [0.2, 0.25) is 0 Å². The van der Waals surface area contributed by atoms with Crippen molar-refractivity contribution < 1.29 is 0 Å². The molecular weight excluding hydrogens is 415 g/mol. The maximum absolute atomic E-state index is 5.80. The fourth-order valence-electron chi connectivity index (χ4n) is 2.17. The summed E-state index contributed by atoms with van der Waals surface area (Å²) >= 11 is 5.93. The Morgan fingerprint density at radius 3 is 2.58 bits per heavy atom. The van der Waals surface area contributed by atoms with Crippen molar-refractivity contribution in [3.63, 3.8) is 0 Å². The molecule has 0 aliphatic rings. The molecule has 0 saturated carbocycles. The monoisotopic (exact) mass is 430 g/mol. The van der Waals surface area contributed by atoms with Crippen LogP contribution in [-0.2, 0) is 0 Å². The Balaban J connectivity index is 2.56. The molecule has 1 atom stereocenters. The van der Waals surface area contributed by atoms with Gasteiger partial charge in [0.05, 0.1) is 6.04 Å². The van der Waals surface area contributed by atoms with Gasteiger partial charge in [-0.05, 0) is 76.9 Å². The average molecular weight is 431 g/mol. The van der Waals surface area contributed by atoms with Crippen molar-refractivity contribution in [3.05, 3.63) is 66.7 Å². The van der Waals surface area contributed by atoms with Crippen molar-refractivity contribution in [3.8, 4) is 0 Å². The second-order valence-corrected chi connectivity index (χ2v) is 6.65. The molecule has 3 N–H and O–H groups in total. The average Bonchev–Trinajstić information content (AvgIpc) is 2.39. The lowest BCUT2D eigenvalue weighted by Crippen LogP contribution is -2.29. The summed E-state index contributed by atoms with van der Waals surface area (Å²) in [7, 11) is 0. The van der Waals surface area contributed by atoms with Gasteiger partial charge < -0.3 is 0 Å². The highest BCUT2D eigenvalue weighted by atomic mass is 127. The van der Waals surface area contributed by atoms with Gasteiger partial charge in [0.15, 0.2) is 0 Å². The Labute approximate surface area is 136 Å². The van der Waals surface area contributed by atoms with Crippen LogP contribution in [0.5, 0.6) is 0 Å². The third kappa shape index (κ3) is 3.18. The van der Waals surface area contributed by atoms with Crippen LogP contribution in [-0.4, -0.2) is 0 Å². The lowest BCUT2D eigenvalue weighted by atomic mass is 9.93. The minimum absolute atomic E-state index is 0.0102. The van der Waals surface area contributed by atoms with Crippen LogP contribution in [0.15, 0.2) is 40.9 Å². The minimum Gasteiger partial charge on any atom is -0.271 e. The summed E-state index contributed by atoms with van der Waals surface area (Å²) in [5.41, 5.74) is 7.86. The summed E-state index contributed by atoms with van der Waals surface area (Å²) in [5.74, 6) is 5.80. The first kappa shape index (κ1) is 15.0. The molecule has 2 aromatic rings. The lowest BCUT2D eigenvalue weighted by Gasteiger charge is -2.21. The van der Waals surface area contributed by atoms with E-state index in [1.807, 2.05) is 0 Å². The van der Waals surface area contributed by atoms with Gasteiger partial charge in [0, 0.05) is 8.04 Å². The quantitative estimate of drug-likeness (QED) is 0.434. The van der Waals surface area contributed by atoms with E-state index in [4.69, 9.17) is 5.84 Å². The summed E-state index contributed by atoms with van der Waals surface area (Å²) in [5, 5.41) is 0. The van der Waals surface area contributed by atoms with E-state index in [9.17, 15) is 0 Å². The molecule has 0 fully saturated rings. The summed E-state index contributed by atoms with van der Waals surface area (Å²) in [6, 6.07) is 12.6. The second kappa shape index (κ2) is 6.35. The van der Waals surface area contributed by atoms with Gasteiger partial charge in [-0.1, -0.05) is 34.1 Å². The number of rotatable bonds is 3. The van der Waals surface area contributed by atoms with Crippen molar-refractivity contribution >= 4 is 38.5 Å². The van der Waals surface area contributed by atoms with Gasteiger partial charge in [0.1, 0.15) is 0 Å². The number of hydrogen-bond acceptors (Lipinski definition) is 2. The number of nitrogens with two attached hydrogens (primary N) is 1. The fourth-order valence-corrected chi connectivity index (χ4v) is 3.16. The smallest absolute Gasteiger partial charge is 0.0724 e. The zero-order valence-corrected chi connectivity index (χ0v) is 14.6. The van der Waals surface area contributed by atoms with Crippen LogP contribution in [0.3, 0.4) is 0 Å². The highest BCUT2D eigenvalue weighted by Gasteiger charge is 2.18. The molecule has 0 bridgehead atoms. The maximum Gasteiger partial charge on any atom is 0.0724 e. The molecule has 0 heterocycles. The minimum atomic E-state index is -0.0102. The van der Waals surface area contributed by atoms with E-state index in [1.54, 1.807) is 0 Å². The third-order valence-corrected chi connectivity index (χ3v) is 4.79. The zero-order valence-electron chi connectivity index (χ0n) is 10.9. The van der Waals surface area contributed by atoms with Crippen LogP contribution < -0.4 is 11.3 Å². The van der Waals surface area contributed by atoms with E-state index in [1.165, 1.54) is 20.3 Å². The van der Waals surface area contributed by atoms with Crippen LogP contribution in [0.1, 0.15) is 28.3 Å². The van der Waals surface area contributed by atoms with Gasteiger partial charge in [-0.15, -0.1) is 0 Å². The topological polar surface area (TPSA) is 38.0 Å². The molecule has 4 heteroatoms. The van der Waals surface area contributed by atoms with E-state index in [0.717, 1.165) is 10.0 Å². The Morgan fingerprint density at radius 2 is 1.89 bits per heavy atom. The SMILES string of the molecule is Cc1cccc(C(NN)c2cc(I)ccc2Br)c1C. The van der Waals surface area contributed by atoms with Crippen molar-refractivity contribution in [2.24, 2.45) is 5.84 Å². The van der Waals surface area contributed by atoms with Gasteiger partial charge in [0.25, 0.3) is 0 Å². The van der Waals surface area contributed by atoms with Crippen LogP contribution in [0.25, 0.3) is 0 Å². The Bertz CT molecular complexity index is 597. The fraction of sp³-hybridized carbons (Fsp3) is 0.200. The summed E-state index contributed by atoms with van der Waals surface area (Å²) < 4.78 is 2.26. The van der Waals surface area contributed by atoms with Crippen LogP contribution >= 0.6 is 38.5 Å². The van der Waals surface area contributed by atoms with Crippen molar-refractivity contribution in [1.29, 1.82) is 0 Å². The summed E-state index contributed by atoms with van der Waals surface area (Å²) in [6.45, 7) is 4.26. The standard InChI is InChI=1S/C15H16BrIN2/c1-9-4-3-5-12(10(9)2)15(19-18)13-8-11(17)6-7-14(13)16/h3-8,15,19H,18H2,1-2H3. The molecule has 2 rings (SSSR count). The largest absolute Gasteiger partial charge is 0.271 e. The number of hydrogen-bond donors (Lipinski definition) is 2. The van der Waals surface area contributed by atoms with Gasteiger partial charge >= 0.3 is 0 Å². The normalized spacial score (nSPS) is 12.5. The molecule has 0 amide bonds. The number of halogens is 2. The molecule has 0 aliphatic heterocycles. The van der Waals surface area contributed by atoms with E-state index in [0.29, 0.717) is 0 Å². The summed E-state index contributed by atoms with van der Waals surface area (Å²) in [6.07, 6.45) is 0. The predicted molar refractivity (Wildman–Crippen MR) is 91.9 cm³/mol. The zero-order chi connectivity index (χ0) is 14.0. The lowest BCUT2D eigenvalue weighted by molar-refractivity contribution is 0.630. The van der Waals surface area contributed by atoms with E-state index < -0.39 is 0 Å². The molecule has 2 nitrogen and oxygen atoms in total. The van der Waals surface area contributed by atoms with E-state index in [-0.39, 0.29) is 6.04 Å². The maximum atomic E-state index is 5.80. The first-order chi connectivity index (χ1) is 9.04. The number of nitrogens with one attached hydrogen (secondary N) is 1. The van der Waals surface area contributed by atoms with Crippen LogP contribution in [0.4, 0.5) is 0 Å². The van der Waals surface area contributed by atoms with E-state index in [2.05, 4.69) is 94.2 Å². The first-order valence-corrected chi connectivity index (χ1v) is 7.89. The number of aryl methyl sites for hydroxylation is 1. The highest BCUT2D eigenvalue weighted by Crippen LogP contribution is 2.31. The number of hydrazine groups is 1. The molecule has 2 aromatic carbocycles. The van der Waals surface area contributed by atoms with Crippen molar-refractivity contribution in [2.75, 3.05) is 0 Å². The van der Waals surface area contributed by atoms with Crippen molar-refractivity contribution in [2.45, 2.75) is 19.9 Å². The van der Waals surface area contributed by atoms with Gasteiger partial charge in [-0.3, -0.25) is 5.84 Å². The van der Waals surface area contributed by atoms with E-state index >= 15 is 0 Å². The van der Waals surface area contributed by atoms with Gasteiger partial charge in [-0.2, -0.15) is 0 Å². The molecule has 0 radical (unpaired) electrons. The molecule has 0 aliphatic carbocycles. The van der Waals surface area contributed by atoms with Crippen LogP contribution in [0, 0.1) is 17.4 Å². The Kier molecular flexibility index (Phi) is 5.00. The third-order valence-electron chi connectivity index (χ3n) is 3.39. The Hall–Kier alpha value is -0.430. The Morgan fingerprint density at radius 1 is 1.16 bits per heavy atom. The molecule has 1 unspecified atom stereocenters. The second-order valence-electron chi connectivity index (χ2n) is 4.55. The first-order valence-electron chi connectivity index (χ1n) is 6.01. The molecule has 0 saturated heterocycles. The molecule has 0 aromatic heterocycles. The van der Waals surface area contributed by atoms with Crippen LogP contribution in [0.2, 0.25) is 0 Å². The molecular formula is C15H16BrIN2. The van der Waals surface area contributed by atoms with Gasteiger partial charge in [-0.25, -0.2) is 5.43 Å². The van der Waals surface area contributed by atoms with Crippen molar-refractivity contribution in [1.82, 2.24) is 5.43 Å². The highest BCUT2D eigenvalue weighted by molar-refractivity contribution is 14.1. The summed E-state index contributed by atoms with van der Waals surface area (Å²) in [4.78, 5) is 0. The predicted octanol–water partition coefficient (Wildman–Crippen LogP) is 4.22. The molecule has 100 valence electrons.